The third-order valence-electron chi connectivity index (χ3n) is 11.0. The van der Waals surface area contributed by atoms with E-state index >= 15 is 0 Å². The average Bonchev–Trinajstić information content (AvgIpc) is 3.11. The zero-order valence-corrected chi connectivity index (χ0v) is 26.9. The number of nitrogens with one attached hydrogen (secondary N) is 2. The Kier molecular flexibility index (Phi) is 7.96. The Morgan fingerprint density at radius 1 is 1.07 bits per heavy atom. The number of aryl methyl sites for hydroxylation is 1. The van der Waals surface area contributed by atoms with Gasteiger partial charge in [0.15, 0.2) is 0 Å². The van der Waals surface area contributed by atoms with Crippen LogP contribution in [0.4, 0.5) is 5.69 Å². The Morgan fingerprint density at radius 2 is 1.91 bits per heavy atom. The minimum absolute atomic E-state index is 0.00638. The molecule has 10 heteroatoms. The molecule has 1 unspecified atom stereocenters. The number of carbonyl (C=O) groups excluding carboxylic acids is 1. The highest BCUT2D eigenvalue weighted by molar-refractivity contribution is 7.90. The fourth-order valence-electron chi connectivity index (χ4n) is 8.17. The van der Waals surface area contributed by atoms with Crippen LogP contribution >= 0.6 is 11.6 Å². The highest BCUT2D eigenvalue weighted by Gasteiger charge is 2.47. The molecule has 2 aromatic carbocycles. The van der Waals surface area contributed by atoms with Crippen molar-refractivity contribution in [3.8, 4) is 5.75 Å². The molecule has 1 amide bonds. The molecule has 2 aliphatic heterocycles. The smallest absolute Gasteiger partial charge is 0.264 e. The molecular formula is C34H42ClN3O5S. The normalized spacial score (nSPS) is 31.6. The van der Waals surface area contributed by atoms with Gasteiger partial charge in [-0.05, 0) is 98.2 Å². The summed E-state index contributed by atoms with van der Waals surface area (Å²) in [6.45, 7) is 2.99. The SMILES string of the molecule is CO[C@H]1/C=C/CNCC2(CCC2)C(=O)NS(=O)(=O)c2ccc3c(c2)N(C[C@H]2CCC21)C[C@]1(CCCc2cc(Cl)ccc21)CO3. The van der Waals surface area contributed by atoms with Crippen molar-refractivity contribution in [1.82, 2.24) is 10.0 Å². The Balaban J connectivity index is 1.30. The first-order valence-corrected chi connectivity index (χ1v) is 17.9. The highest BCUT2D eigenvalue weighted by atomic mass is 35.5. The standard InChI is InChI=1S/C34H42ClN3O5S/c1-42-30-6-3-16-36-20-33(14-4-15-33)32(39)37-44(40,41)26-9-12-31-29(18-26)38(19-24-7-10-27(24)30)21-34(22-43-31)13-2-5-23-17-25(35)8-11-28(23)34/h3,6,8-9,11-12,17-18,24,27,30,36H,2,4-5,7,10,13-16,19-22H2,1H3,(H,37,39)/b6-3+/t24-,27?,30+,34-/m1/s1. The number of hydrogen-bond acceptors (Lipinski definition) is 7. The number of hydrogen-bond donors (Lipinski definition) is 2. The van der Waals surface area contributed by atoms with Crippen molar-refractivity contribution >= 4 is 33.2 Å². The van der Waals surface area contributed by atoms with E-state index in [1.54, 1.807) is 25.3 Å². The van der Waals surface area contributed by atoms with Crippen LogP contribution in [0.5, 0.6) is 5.75 Å². The number of ether oxygens (including phenoxy) is 2. The van der Waals surface area contributed by atoms with Crippen LogP contribution in [0.2, 0.25) is 5.02 Å². The van der Waals surface area contributed by atoms with Crippen molar-refractivity contribution in [2.45, 2.75) is 67.8 Å². The molecule has 2 aromatic rings. The first kappa shape index (κ1) is 30.1. The summed E-state index contributed by atoms with van der Waals surface area (Å²) in [6.07, 6.45) is 11.6. The third-order valence-corrected chi connectivity index (χ3v) is 12.6. The average molecular weight is 640 g/mol. The fraction of sp³-hybridized carbons (Fsp3) is 0.559. The summed E-state index contributed by atoms with van der Waals surface area (Å²) in [7, 11) is -2.32. The van der Waals surface area contributed by atoms with E-state index in [-0.39, 0.29) is 16.4 Å². The quantitative estimate of drug-likeness (QED) is 0.425. The van der Waals surface area contributed by atoms with E-state index in [1.165, 1.54) is 11.1 Å². The molecule has 0 radical (unpaired) electrons. The minimum Gasteiger partial charge on any atom is -0.490 e. The molecule has 2 bridgehead atoms. The van der Waals surface area contributed by atoms with E-state index in [9.17, 15) is 13.2 Å². The van der Waals surface area contributed by atoms with Crippen molar-refractivity contribution in [2.75, 3.05) is 44.8 Å². The van der Waals surface area contributed by atoms with Gasteiger partial charge in [0.2, 0.25) is 5.91 Å². The van der Waals surface area contributed by atoms with Crippen molar-refractivity contribution in [3.05, 3.63) is 64.7 Å². The molecule has 3 aliphatic carbocycles. The number of carbonyl (C=O) groups is 1. The predicted molar refractivity (Wildman–Crippen MR) is 171 cm³/mol. The number of anilines is 1. The number of rotatable bonds is 1. The van der Waals surface area contributed by atoms with E-state index in [4.69, 9.17) is 21.1 Å². The van der Waals surface area contributed by atoms with Crippen LogP contribution in [0.1, 0.15) is 56.1 Å². The maximum Gasteiger partial charge on any atom is 0.264 e. The summed E-state index contributed by atoms with van der Waals surface area (Å²) in [5, 5.41) is 4.12. The van der Waals surface area contributed by atoms with Crippen LogP contribution in [0.3, 0.4) is 0 Å². The van der Waals surface area contributed by atoms with Gasteiger partial charge in [0.25, 0.3) is 10.0 Å². The van der Waals surface area contributed by atoms with Gasteiger partial charge >= 0.3 is 0 Å². The van der Waals surface area contributed by atoms with Crippen LogP contribution in [-0.2, 0) is 31.4 Å². The van der Waals surface area contributed by atoms with Crippen molar-refractivity contribution in [1.29, 1.82) is 0 Å². The first-order valence-electron chi connectivity index (χ1n) is 16.0. The molecule has 2 N–H and O–H groups in total. The van der Waals surface area contributed by atoms with E-state index in [1.807, 2.05) is 6.07 Å². The largest absolute Gasteiger partial charge is 0.490 e. The van der Waals surface area contributed by atoms with Crippen LogP contribution in [-0.4, -0.2) is 60.3 Å². The number of benzene rings is 2. The number of amides is 1. The summed E-state index contributed by atoms with van der Waals surface area (Å²) in [6, 6.07) is 11.2. The lowest BCUT2D eigenvalue weighted by Crippen LogP contribution is -2.52. The Bertz CT molecular complexity index is 1570. The zero-order chi connectivity index (χ0) is 30.5. The predicted octanol–water partition coefficient (Wildman–Crippen LogP) is 4.99. The summed E-state index contributed by atoms with van der Waals surface area (Å²) < 4.78 is 42.4. The Morgan fingerprint density at radius 3 is 2.66 bits per heavy atom. The fourth-order valence-corrected chi connectivity index (χ4v) is 9.46. The van der Waals surface area contributed by atoms with E-state index in [0.717, 1.165) is 55.8 Å². The lowest BCUT2D eigenvalue weighted by atomic mass is 9.68. The van der Waals surface area contributed by atoms with Gasteiger partial charge in [0.1, 0.15) is 5.75 Å². The topological polar surface area (TPSA) is 97.0 Å². The van der Waals surface area contributed by atoms with Gasteiger partial charge in [0.05, 0.1) is 28.7 Å². The number of fused-ring (bicyclic) bond motifs is 4. The van der Waals surface area contributed by atoms with Crippen LogP contribution in [0.15, 0.2) is 53.4 Å². The van der Waals surface area contributed by atoms with Crippen LogP contribution in [0.25, 0.3) is 0 Å². The van der Waals surface area contributed by atoms with Gasteiger partial charge < -0.3 is 19.7 Å². The lowest BCUT2D eigenvalue weighted by molar-refractivity contribution is -0.133. The number of methoxy groups -OCH3 is 1. The van der Waals surface area contributed by atoms with E-state index in [2.05, 4.69) is 39.2 Å². The van der Waals surface area contributed by atoms with Crippen LogP contribution in [0, 0.1) is 17.3 Å². The molecule has 236 valence electrons. The van der Waals surface area contributed by atoms with E-state index in [0.29, 0.717) is 56.7 Å². The molecule has 0 aromatic heterocycles. The second-order valence-corrected chi connectivity index (χ2v) is 15.7. The van der Waals surface area contributed by atoms with Crippen LogP contribution < -0.4 is 19.7 Å². The second kappa shape index (κ2) is 11.6. The van der Waals surface area contributed by atoms with Gasteiger partial charge in [-0.3, -0.25) is 4.79 Å². The lowest BCUT2D eigenvalue weighted by Gasteiger charge is -2.46. The molecule has 44 heavy (non-hydrogen) atoms. The zero-order valence-electron chi connectivity index (χ0n) is 25.3. The highest BCUT2D eigenvalue weighted by Crippen LogP contribution is 2.47. The van der Waals surface area contributed by atoms with Gasteiger partial charge in [0, 0.05) is 43.7 Å². The van der Waals surface area contributed by atoms with Gasteiger partial charge in [-0.2, -0.15) is 0 Å². The molecule has 2 saturated carbocycles. The summed E-state index contributed by atoms with van der Waals surface area (Å²) in [5.74, 6) is 0.977. The van der Waals surface area contributed by atoms with Crippen molar-refractivity contribution < 1.29 is 22.7 Å². The third kappa shape index (κ3) is 5.33. The number of sulfonamides is 1. The number of nitrogens with zero attached hydrogens (tertiary/aromatic N) is 1. The van der Waals surface area contributed by atoms with E-state index < -0.39 is 21.3 Å². The molecule has 5 aliphatic rings. The van der Waals surface area contributed by atoms with Crippen molar-refractivity contribution in [2.24, 2.45) is 17.3 Å². The molecule has 2 spiro atoms. The molecule has 7 rings (SSSR count). The van der Waals surface area contributed by atoms with Gasteiger partial charge in [-0.1, -0.05) is 36.2 Å². The molecule has 4 atom stereocenters. The van der Waals surface area contributed by atoms with Crippen molar-refractivity contribution in [3.63, 3.8) is 0 Å². The molecule has 0 saturated heterocycles. The first-order chi connectivity index (χ1) is 21.2. The van der Waals surface area contributed by atoms with Gasteiger partial charge in [-0.15, -0.1) is 0 Å². The monoisotopic (exact) mass is 639 g/mol. The molecule has 8 nitrogen and oxygen atoms in total. The summed E-state index contributed by atoms with van der Waals surface area (Å²) >= 11 is 6.42. The minimum atomic E-state index is -4.09. The second-order valence-electron chi connectivity index (χ2n) is 13.6. The molecular weight excluding hydrogens is 598 g/mol. The summed E-state index contributed by atoms with van der Waals surface area (Å²) in [5.41, 5.74) is 2.31. The van der Waals surface area contributed by atoms with Gasteiger partial charge in [-0.25, -0.2) is 13.1 Å². The maximum absolute atomic E-state index is 13.7. The molecule has 2 heterocycles. The Labute approximate surface area is 265 Å². The maximum atomic E-state index is 13.7. The summed E-state index contributed by atoms with van der Waals surface area (Å²) in [4.78, 5) is 15.9. The Hall–Kier alpha value is -2.59. The molecule has 2 fully saturated rings. The number of halogens is 1.